The maximum atomic E-state index is 8.25. The Labute approximate surface area is 50.0 Å². The first-order valence-electron chi connectivity index (χ1n) is 1.66. The van der Waals surface area contributed by atoms with Crippen molar-refractivity contribution in [2.45, 2.75) is 0 Å². The molecule has 0 atom stereocenters. The summed E-state index contributed by atoms with van der Waals surface area (Å²) in [5.74, 6) is 4.67. The van der Waals surface area contributed by atoms with Crippen LogP contribution in [0.3, 0.4) is 0 Å². The highest BCUT2D eigenvalue weighted by atomic mass is 16.9. The SMILES string of the molecule is N[NH+]=C(N)N.O=[N+]([O-])[O-]. The molecule has 8 heteroatoms. The van der Waals surface area contributed by atoms with Gasteiger partial charge in [0.25, 0.3) is 0 Å². The highest BCUT2D eigenvalue weighted by molar-refractivity contribution is 5.68. The van der Waals surface area contributed by atoms with Crippen molar-refractivity contribution in [2.24, 2.45) is 17.3 Å². The molecule has 0 rings (SSSR count). The van der Waals surface area contributed by atoms with Crippen LogP contribution in [-0.2, 0) is 0 Å². The Morgan fingerprint density at radius 2 is 1.56 bits per heavy atom. The van der Waals surface area contributed by atoms with Crippen LogP contribution in [0.1, 0.15) is 0 Å². The second-order valence-electron chi connectivity index (χ2n) is 0.823. The van der Waals surface area contributed by atoms with Crippen molar-refractivity contribution >= 4 is 5.96 Å². The van der Waals surface area contributed by atoms with Crippen LogP contribution in [0.25, 0.3) is 0 Å². The first-order chi connectivity index (χ1) is 4.00. The van der Waals surface area contributed by atoms with E-state index in [1.54, 1.807) is 0 Å². The van der Waals surface area contributed by atoms with Gasteiger partial charge in [-0.3, -0.25) is 17.3 Å². The Morgan fingerprint density at radius 3 is 1.56 bits per heavy atom. The van der Waals surface area contributed by atoms with E-state index in [0.717, 1.165) is 0 Å². The second-order valence-corrected chi connectivity index (χ2v) is 0.823. The van der Waals surface area contributed by atoms with Crippen LogP contribution in [0.5, 0.6) is 0 Å². The lowest BCUT2D eigenvalue weighted by Crippen LogP contribution is -2.84. The summed E-state index contributed by atoms with van der Waals surface area (Å²) in [6.07, 6.45) is 0. The molecule has 0 saturated carbocycles. The lowest BCUT2D eigenvalue weighted by Gasteiger charge is -1.74. The fraction of sp³-hybridized carbons (Fsp3) is 0. The molecule has 54 valence electrons. The minimum absolute atomic E-state index is 0.0324. The zero-order valence-electron chi connectivity index (χ0n) is 4.40. The fourth-order valence-electron chi connectivity index (χ4n) is 0. The van der Waals surface area contributed by atoms with Crippen molar-refractivity contribution in [1.82, 2.24) is 0 Å². The van der Waals surface area contributed by atoms with Gasteiger partial charge in [0.1, 0.15) is 0 Å². The van der Waals surface area contributed by atoms with Crippen LogP contribution < -0.4 is 22.4 Å². The molecule has 8 nitrogen and oxygen atoms in total. The largest absolute Gasteiger partial charge is 0.360 e. The molecule has 0 aromatic heterocycles. The summed E-state index contributed by atoms with van der Waals surface area (Å²) in [5, 5.41) is 16.8. The summed E-state index contributed by atoms with van der Waals surface area (Å²) in [6, 6.07) is 0. The quantitative estimate of drug-likeness (QED) is 0.0874. The van der Waals surface area contributed by atoms with Crippen LogP contribution in [0.2, 0.25) is 0 Å². The normalized spacial score (nSPS) is 6.22. The van der Waals surface area contributed by atoms with E-state index in [1.807, 2.05) is 5.10 Å². The van der Waals surface area contributed by atoms with Gasteiger partial charge in [-0.1, -0.05) is 0 Å². The van der Waals surface area contributed by atoms with Gasteiger partial charge in [0.2, 0.25) is 0 Å². The number of nitrogens with two attached hydrogens (primary N) is 3. The van der Waals surface area contributed by atoms with Crippen molar-refractivity contribution in [2.75, 3.05) is 0 Å². The molecular weight excluding hydrogens is 130 g/mol. The molecule has 0 spiro atoms. The standard InChI is InChI=1S/CH6N4.NO3/c2-1(3)5-4;2-1(3)4/h4H2,(H4,2,3,5);/q;-1/p+1. The number of hydrogen-bond acceptors (Lipinski definition) is 4. The summed E-state index contributed by atoms with van der Waals surface area (Å²) >= 11 is 0. The number of hydrazine groups is 1. The van der Waals surface area contributed by atoms with Crippen molar-refractivity contribution in [3.63, 3.8) is 0 Å². The number of nitrogens with zero attached hydrogens (tertiary/aromatic N) is 1. The fourth-order valence-corrected chi connectivity index (χ4v) is 0. The van der Waals surface area contributed by atoms with Crippen LogP contribution in [0, 0.1) is 15.3 Å². The van der Waals surface area contributed by atoms with Gasteiger partial charge in [0.15, 0.2) is 0 Å². The van der Waals surface area contributed by atoms with E-state index in [4.69, 9.17) is 26.8 Å². The van der Waals surface area contributed by atoms with E-state index in [1.165, 1.54) is 0 Å². The first kappa shape index (κ1) is 10.3. The van der Waals surface area contributed by atoms with E-state index in [-0.39, 0.29) is 5.96 Å². The number of guanidine groups is 1. The third kappa shape index (κ3) is 1570. The van der Waals surface area contributed by atoms with E-state index >= 15 is 0 Å². The number of rotatable bonds is 0. The summed E-state index contributed by atoms with van der Waals surface area (Å²) in [5.41, 5.74) is 9.50. The van der Waals surface area contributed by atoms with Crippen molar-refractivity contribution in [1.29, 1.82) is 0 Å². The van der Waals surface area contributed by atoms with Crippen molar-refractivity contribution in [3.05, 3.63) is 15.3 Å². The smallest absolute Gasteiger partial charge is 0.356 e. The molecule has 7 N–H and O–H groups in total. The Kier molecular flexibility index (Phi) is 7.17. The van der Waals surface area contributed by atoms with E-state index < -0.39 is 5.09 Å². The monoisotopic (exact) mass is 137 g/mol. The third-order valence-corrected chi connectivity index (χ3v) is 0.167. The predicted octanol–water partition coefficient (Wildman–Crippen LogP) is -4.03. The molecule has 0 unspecified atom stereocenters. The van der Waals surface area contributed by atoms with Crippen LogP contribution in [0.4, 0.5) is 0 Å². The molecule has 0 aliphatic carbocycles. The average Bonchev–Trinajstić information content (AvgIpc) is 1.65. The molecule has 0 fully saturated rings. The molecule has 0 heterocycles. The lowest BCUT2D eigenvalue weighted by atomic mass is 11.1. The Bertz CT molecular complexity index is 101. The Morgan fingerprint density at radius 1 is 1.44 bits per heavy atom. The topological polar surface area (TPSA) is 158 Å². The molecule has 9 heavy (non-hydrogen) atoms. The van der Waals surface area contributed by atoms with E-state index in [2.05, 4.69) is 5.84 Å². The molecule has 0 aromatic rings. The summed E-state index contributed by atoms with van der Waals surface area (Å²) in [6.45, 7) is 0. The van der Waals surface area contributed by atoms with Crippen LogP contribution >= 0.6 is 0 Å². The molecule has 0 aromatic carbocycles. The third-order valence-electron chi connectivity index (χ3n) is 0.167. The molecular formula is CH7N5O3. The molecule has 0 saturated heterocycles. The van der Waals surface area contributed by atoms with Crippen LogP contribution in [-0.4, -0.2) is 11.0 Å². The predicted molar refractivity (Wildman–Crippen MR) is 28.9 cm³/mol. The Balaban J connectivity index is 0. The minimum Gasteiger partial charge on any atom is -0.356 e. The van der Waals surface area contributed by atoms with Gasteiger partial charge in [-0.15, -0.1) is 0 Å². The van der Waals surface area contributed by atoms with Gasteiger partial charge in [-0.2, -0.15) is 5.10 Å². The Hall–Kier alpha value is -1.73. The van der Waals surface area contributed by atoms with Gasteiger partial charge in [-0.25, -0.2) is 0 Å². The highest BCUT2D eigenvalue weighted by Gasteiger charge is 1.72. The van der Waals surface area contributed by atoms with Gasteiger partial charge >= 0.3 is 5.96 Å². The van der Waals surface area contributed by atoms with Gasteiger partial charge < -0.3 is 15.3 Å². The second kappa shape index (κ2) is 6.27. The van der Waals surface area contributed by atoms with Gasteiger partial charge in [0, 0.05) is 0 Å². The zero-order valence-corrected chi connectivity index (χ0v) is 4.40. The van der Waals surface area contributed by atoms with Gasteiger partial charge in [0.05, 0.1) is 5.09 Å². The average molecular weight is 137 g/mol. The lowest BCUT2D eigenvalue weighted by molar-refractivity contribution is -0.471. The molecule has 0 aliphatic heterocycles. The summed E-state index contributed by atoms with van der Waals surface area (Å²) in [4.78, 5) is 8.25. The maximum absolute atomic E-state index is 8.25. The van der Waals surface area contributed by atoms with Crippen LogP contribution in [0.15, 0.2) is 0 Å². The number of hydrogen-bond donors (Lipinski definition) is 4. The number of nitrogens with one attached hydrogen (secondary N) is 1. The number of hydrazone groups is 1. The first-order valence-corrected chi connectivity index (χ1v) is 1.66. The molecule has 0 aliphatic rings. The van der Waals surface area contributed by atoms with E-state index in [0.29, 0.717) is 0 Å². The molecule has 0 amide bonds. The summed E-state index contributed by atoms with van der Waals surface area (Å²) < 4.78 is 0. The minimum atomic E-state index is -1.75. The molecule has 0 bridgehead atoms. The van der Waals surface area contributed by atoms with Crippen molar-refractivity contribution in [3.8, 4) is 0 Å². The maximum Gasteiger partial charge on any atom is 0.360 e. The highest BCUT2D eigenvalue weighted by Crippen LogP contribution is 1.44. The van der Waals surface area contributed by atoms with Gasteiger partial charge in [-0.05, 0) is 0 Å². The molecule has 0 radical (unpaired) electrons. The van der Waals surface area contributed by atoms with E-state index in [9.17, 15) is 0 Å². The summed E-state index contributed by atoms with van der Waals surface area (Å²) in [7, 11) is 0. The zero-order chi connectivity index (χ0) is 7.86. The van der Waals surface area contributed by atoms with Crippen molar-refractivity contribution < 1.29 is 10.2 Å².